The van der Waals surface area contributed by atoms with Gasteiger partial charge >= 0.3 is 11.9 Å². The molecule has 0 unspecified atom stereocenters. The Bertz CT molecular complexity index is 1930. The number of halogens is 4. The maximum Gasteiger partial charge on any atom is 0.360 e. The highest BCUT2D eigenvalue weighted by molar-refractivity contribution is 6.32. The Labute approximate surface area is 281 Å². The number of aromatic nitrogens is 2. The maximum absolute atomic E-state index is 14.6. The largest absolute Gasteiger partial charge is 0.504 e. The van der Waals surface area contributed by atoms with Gasteiger partial charge in [0.05, 0.1) is 49.1 Å². The van der Waals surface area contributed by atoms with Gasteiger partial charge in [-0.2, -0.15) is 0 Å². The number of nitrogens with one attached hydrogen (secondary N) is 2. The zero-order chi connectivity index (χ0) is 35.9. The van der Waals surface area contributed by atoms with Crippen LogP contribution in [0.25, 0.3) is 22.5 Å². The molecule has 0 aliphatic carbocycles. The number of esters is 2. The number of carbonyl (C=O) groups is 4. The van der Waals surface area contributed by atoms with E-state index in [0.29, 0.717) is 0 Å². The molecule has 2 amide bonds. The number of amides is 2. The molecule has 17 heteroatoms. The Hall–Kier alpha value is -5.54. The lowest BCUT2D eigenvalue weighted by atomic mass is 10.1. The van der Waals surface area contributed by atoms with Gasteiger partial charge in [0.2, 0.25) is 11.8 Å². The number of anilines is 2. The van der Waals surface area contributed by atoms with E-state index >= 15 is 0 Å². The Morgan fingerprint density at radius 2 is 1.19 bits per heavy atom. The second-order valence-corrected chi connectivity index (χ2v) is 10.3. The number of methoxy groups -OCH3 is 3. The average Bonchev–Trinajstić information content (AvgIpc) is 3.02. The van der Waals surface area contributed by atoms with E-state index in [-0.39, 0.29) is 49.7 Å². The van der Waals surface area contributed by atoms with E-state index in [0.717, 1.165) is 20.3 Å². The summed E-state index contributed by atoms with van der Waals surface area (Å²) in [4.78, 5) is 53.9. The van der Waals surface area contributed by atoms with E-state index in [1.807, 2.05) is 0 Å². The number of nitrogens with zero attached hydrogens (tertiary/aromatic N) is 2. The zero-order valence-corrected chi connectivity index (χ0v) is 27.2. The minimum absolute atomic E-state index is 0.0288. The molecule has 0 aliphatic heterocycles. The summed E-state index contributed by atoms with van der Waals surface area (Å²) >= 11 is 11.6. The zero-order valence-electron chi connectivity index (χ0n) is 25.7. The van der Waals surface area contributed by atoms with Crippen LogP contribution >= 0.6 is 23.2 Å². The molecule has 252 valence electrons. The molecule has 0 radical (unpaired) electrons. The second-order valence-electron chi connectivity index (χ2n) is 9.42. The van der Waals surface area contributed by atoms with Gasteiger partial charge in [-0.05, 0) is 42.5 Å². The third-order valence-corrected chi connectivity index (χ3v) is 6.63. The van der Waals surface area contributed by atoms with Gasteiger partial charge in [-0.15, -0.1) is 0 Å². The smallest absolute Gasteiger partial charge is 0.360 e. The summed E-state index contributed by atoms with van der Waals surface area (Å²) in [6.07, 6.45) is 0. The Kier molecular flexibility index (Phi) is 12.2. The molecular weight excluding hydrogens is 681 g/mol. The topological polar surface area (TPSA) is 186 Å². The number of benzene rings is 2. The number of hydrogen-bond acceptors (Lipinski definition) is 11. The highest BCUT2D eigenvalue weighted by Crippen LogP contribution is 2.38. The summed E-state index contributed by atoms with van der Waals surface area (Å²) in [7, 11) is 3.46. The van der Waals surface area contributed by atoms with Crippen molar-refractivity contribution in [1.82, 2.24) is 9.97 Å². The number of aromatic hydroxyl groups is 2. The molecule has 2 aromatic heterocycles. The lowest BCUT2D eigenvalue weighted by Gasteiger charge is -2.13. The van der Waals surface area contributed by atoms with Crippen LogP contribution in [0.2, 0.25) is 10.0 Å². The number of hydrogen-bond donors (Lipinski definition) is 4. The fourth-order valence-electron chi connectivity index (χ4n) is 4.02. The molecule has 48 heavy (non-hydrogen) atoms. The van der Waals surface area contributed by atoms with E-state index in [1.54, 1.807) is 0 Å². The molecule has 0 spiro atoms. The highest BCUT2D eigenvalue weighted by atomic mass is 35.5. The monoisotopic (exact) mass is 706 g/mol. The van der Waals surface area contributed by atoms with E-state index < -0.39 is 58.3 Å². The van der Waals surface area contributed by atoms with Crippen LogP contribution < -0.4 is 15.4 Å². The van der Waals surface area contributed by atoms with Crippen LogP contribution in [0.4, 0.5) is 20.2 Å². The predicted molar refractivity (Wildman–Crippen MR) is 170 cm³/mol. The molecule has 0 fully saturated rings. The molecule has 0 saturated heterocycles. The SMILES string of the molecule is COC(=O)c1nc(-c2ccc(Cl)c(OC)c2F)cc(NC(C)=O)c1O.COC(=O)c1nc(-c2ccc(Cl)cc2F)cc(NC(C)=O)c1O. The van der Waals surface area contributed by atoms with Crippen molar-refractivity contribution in [3.8, 4) is 39.8 Å². The standard InChI is InChI=1S/C16H14ClFN2O5.C15H12ClFN2O4/c1-7(21)19-11-6-10(20-13(14(11)22)16(23)25-3)8-4-5-9(17)15(24-2)12(8)18;1-7(20)18-12-6-11(9-4-3-8(16)5-10(9)17)19-13(14(12)21)15(22)23-2/h4-6,22H,1-3H3,(H,19,20,21);3-6,21H,1-2H3,(H,18,19,20). The Morgan fingerprint density at radius 1 is 0.729 bits per heavy atom. The van der Waals surface area contributed by atoms with Gasteiger partial charge in [0.1, 0.15) is 5.82 Å². The van der Waals surface area contributed by atoms with E-state index in [9.17, 15) is 38.2 Å². The lowest BCUT2D eigenvalue weighted by molar-refractivity contribution is -0.115. The van der Waals surface area contributed by atoms with Gasteiger partial charge < -0.3 is 35.1 Å². The van der Waals surface area contributed by atoms with Gasteiger partial charge in [-0.3, -0.25) is 9.59 Å². The molecule has 0 saturated carbocycles. The first-order valence-electron chi connectivity index (χ1n) is 13.3. The molecule has 13 nitrogen and oxygen atoms in total. The normalized spacial score (nSPS) is 10.3. The molecular formula is C31H26Cl2F2N4O9. The van der Waals surface area contributed by atoms with Crippen LogP contribution in [-0.2, 0) is 19.1 Å². The number of pyridine rings is 2. The molecule has 2 heterocycles. The molecule has 4 N–H and O–H groups in total. The number of carbonyl (C=O) groups excluding carboxylic acids is 4. The summed E-state index contributed by atoms with van der Waals surface area (Å²) in [5, 5.41) is 25.1. The number of rotatable bonds is 7. The van der Waals surface area contributed by atoms with E-state index in [4.69, 9.17) is 27.9 Å². The third kappa shape index (κ3) is 8.43. The second kappa shape index (κ2) is 15.8. The Morgan fingerprint density at radius 3 is 1.60 bits per heavy atom. The van der Waals surface area contributed by atoms with Crippen LogP contribution in [0, 0.1) is 11.6 Å². The fourth-order valence-corrected chi connectivity index (χ4v) is 4.40. The lowest BCUT2D eigenvalue weighted by Crippen LogP contribution is -2.11. The first-order chi connectivity index (χ1) is 22.6. The first-order valence-corrected chi connectivity index (χ1v) is 14.1. The average molecular weight is 707 g/mol. The van der Waals surface area contributed by atoms with Crippen molar-refractivity contribution in [1.29, 1.82) is 0 Å². The minimum Gasteiger partial charge on any atom is -0.504 e. The van der Waals surface area contributed by atoms with Crippen LogP contribution in [0.1, 0.15) is 34.8 Å². The van der Waals surface area contributed by atoms with E-state index in [1.165, 1.54) is 57.4 Å². The van der Waals surface area contributed by atoms with Gasteiger partial charge in [0, 0.05) is 30.0 Å². The summed E-state index contributed by atoms with van der Waals surface area (Å²) in [5.41, 5.74) is -1.12. The third-order valence-electron chi connectivity index (χ3n) is 6.10. The van der Waals surface area contributed by atoms with E-state index in [2.05, 4.69) is 30.1 Å². The van der Waals surface area contributed by atoms with Crippen LogP contribution in [-0.4, -0.2) is 65.3 Å². The summed E-state index contributed by atoms with van der Waals surface area (Å²) in [5.74, 6) is -5.69. The van der Waals surface area contributed by atoms with Crippen molar-refractivity contribution in [3.05, 3.63) is 75.5 Å². The highest BCUT2D eigenvalue weighted by Gasteiger charge is 2.24. The minimum atomic E-state index is -0.952. The summed E-state index contributed by atoms with van der Waals surface area (Å²) in [6.45, 7) is 2.43. The van der Waals surface area contributed by atoms with Gasteiger partial charge in [-0.25, -0.2) is 28.3 Å². The van der Waals surface area contributed by atoms with Crippen molar-refractivity contribution in [2.75, 3.05) is 32.0 Å². The first kappa shape index (κ1) is 36.9. The van der Waals surface area contributed by atoms with Gasteiger partial charge in [-0.1, -0.05) is 23.2 Å². The maximum atomic E-state index is 14.6. The van der Waals surface area contributed by atoms with Gasteiger partial charge in [0.15, 0.2) is 34.5 Å². The van der Waals surface area contributed by atoms with Crippen LogP contribution in [0.15, 0.2) is 42.5 Å². The number of ether oxygens (including phenoxy) is 3. The molecule has 2 aromatic carbocycles. The van der Waals surface area contributed by atoms with Crippen molar-refractivity contribution in [3.63, 3.8) is 0 Å². The van der Waals surface area contributed by atoms with Crippen molar-refractivity contribution < 1.29 is 52.4 Å². The van der Waals surface area contributed by atoms with Crippen molar-refractivity contribution >= 4 is 58.3 Å². The predicted octanol–water partition coefficient (Wildman–Crippen LogP) is 5.99. The molecule has 0 bridgehead atoms. The molecule has 4 aromatic rings. The van der Waals surface area contributed by atoms with Crippen molar-refractivity contribution in [2.24, 2.45) is 0 Å². The van der Waals surface area contributed by atoms with Crippen LogP contribution in [0.3, 0.4) is 0 Å². The van der Waals surface area contributed by atoms with Crippen LogP contribution in [0.5, 0.6) is 17.2 Å². The summed E-state index contributed by atoms with van der Waals surface area (Å²) in [6, 6.07) is 9.09. The fraction of sp³-hybridized carbons (Fsp3) is 0.161. The molecule has 0 atom stereocenters. The molecule has 4 rings (SSSR count). The quantitative estimate of drug-likeness (QED) is 0.165. The summed E-state index contributed by atoms with van der Waals surface area (Å²) < 4.78 is 42.7. The van der Waals surface area contributed by atoms with Gasteiger partial charge in [0.25, 0.3) is 0 Å². The molecule has 0 aliphatic rings. The van der Waals surface area contributed by atoms with Crippen molar-refractivity contribution in [2.45, 2.75) is 13.8 Å². The Balaban J connectivity index is 0.000000261.